The van der Waals surface area contributed by atoms with E-state index >= 15 is 0 Å². The van der Waals surface area contributed by atoms with E-state index in [-0.39, 0.29) is 11.6 Å². The lowest BCUT2D eigenvalue weighted by molar-refractivity contribution is -0.124. The predicted octanol–water partition coefficient (Wildman–Crippen LogP) is 0.799. The van der Waals surface area contributed by atoms with Gasteiger partial charge in [-0.05, 0) is 31.5 Å². The molecule has 0 saturated carbocycles. The van der Waals surface area contributed by atoms with Crippen molar-refractivity contribution < 1.29 is 13.9 Å². The fourth-order valence-corrected chi connectivity index (χ4v) is 2.03. The van der Waals surface area contributed by atoms with Gasteiger partial charge in [-0.25, -0.2) is 4.68 Å². The summed E-state index contributed by atoms with van der Waals surface area (Å²) >= 11 is 0. The normalized spacial score (nSPS) is 12.1. The minimum absolute atomic E-state index is 0.00503. The number of nitrogens with one attached hydrogen (secondary N) is 1. The van der Waals surface area contributed by atoms with Crippen LogP contribution in [0.3, 0.4) is 0 Å². The molecular weight excluding hydrogens is 300 g/mol. The lowest BCUT2D eigenvalue weighted by Gasteiger charge is -2.15. The van der Waals surface area contributed by atoms with Gasteiger partial charge in [0, 0.05) is 20.3 Å². The van der Waals surface area contributed by atoms with Gasteiger partial charge in [0.2, 0.25) is 5.91 Å². The highest BCUT2D eigenvalue weighted by Crippen LogP contribution is 2.18. The number of nitrogen functional groups attached to an aromatic ring is 1. The number of rotatable bonds is 7. The largest absolute Gasteiger partial charge is 0.463 e. The molecule has 0 aliphatic carbocycles. The second-order valence-corrected chi connectivity index (χ2v) is 5.03. The first kappa shape index (κ1) is 16.8. The van der Waals surface area contributed by atoms with Gasteiger partial charge in [0.15, 0.2) is 5.76 Å². The highest BCUT2D eigenvalue weighted by Gasteiger charge is 2.19. The Morgan fingerprint density at radius 3 is 3.00 bits per heavy atom. The molecule has 124 valence electrons. The molecule has 0 fully saturated rings. The summed E-state index contributed by atoms with van der Waals surface area (Å²) in [5, 5.41) is 6.92. The number of carbonyl (C=O) groups is 1. The monoisotopic (exact) mass is 320 g/mol. The lowest BCUT2D eigenvalue weighted by atomic mass is 10.2. The van der Waals surface area contributed by atoms with Crippen LogP contribution in [0.15, 0.2) is 33.7 Å². The molecule has 0 radical (unpaired) electrons. The maximum atomic E-state index is 12.2. The SMILES string of the molecule is COCCCNC(=O)[C@H](C)n1nc(-c2ccco2)cc(N)c1=O. The standard InChI is InChI=1S/C15H20N4O4/c1-10(14(20)17-6-4-7-22-2)19-15(21)11(16)9-12(18-19)13-5-3-8-23-13/h3,5,8-10H,4,6-7,16H2,1-2H3,(H,17,20)/t10-/m0/s1. The van der Waals surface area contributed by atoms with Gasteiger partial charge in [-0.1, -0.05) is 0 Å². The maximum Gasteiger partial charge on any atom is 0.290 e. The minimum atomic E-state index is -0.790. The van der Waals surface area contributed by atoms with E-state index in [2.05, 4.69) is 10.4 Å². The van der Waals surface area contributed by atoms with Crippen LogP contribution in [0, 0.1) is 0 Å². The van der Waals surface area contributed by atoms with Gasteiger partial charge in [-0.15, -0.1) is 0 Å². The number of nitrogens with two attached hydrogens (primary N) is 1. The molecule has 0 unspecified atom stereocenters. The molecule has 2 aromatic heterocycles. The second-order valence-electron chi connectivity index (χ2n) is 5.03. The molecule has 0 bridgehead atoms. The van der Waals surface area contributed by atoms with Gasteiger partial charge in [0.1, 0.15) is 17.4 Å². The topological polar surface area (TPSA) is 112 Å². The van der Waals surface area contributed by atoms with Crippen LogP contribution in [0.2, 0.25) is 0 Å². The molecular formula is C15H20N4O4. The Balaban J connectivity index is 2.20. The smallest absolute Gasteiger partial charge is 0.290 e. The maximum absolute atomic E-state index is 12.2. The Kier molecular flexibility index (Phi) is 5.53. The molecule has 2 rings (SSSR count). The van der Waals surface area contributed by atoms with Gasteiger partial charge in [-0.3, -0.25) is 9.59 Å². The zero-order valence-electron chi connectivity index (χ0n) is 13.1. The quantitative estimate of drug-likeness (QED) is 0.730. The number of ether oxygens (including phenoxy) is 1. The molecule has 23 heavy (non-hydrogen) atoms. The third-order valence-corrected chi connectivity index (χ3v) is 3.31. The summed E-state index contributed by atoms with van der Waals surface area (Å²) in [7, 11) is 1.59. The van der Waals surface area contributed by atoms with Crippen molar-refractivity contribution in [3.05, 3.63) is 34.8 Å². The highest BCUT2D eigenvalue weighted by atomic mass is 16.5. The average Bonchev–Trinajstić information content (AvgIpc) is 3.07. The number of carbonyl (C=O) groups excluding carboxylic acids is 1. The summed E-state index contributed by atoms with van der Waals surface area (Å²) in [4.78, 5) is 24.3. The second kappa shape index (κ2) is 7.59. The first-order valence-electron chi connectivity index (χ1n) is 7.24. The van der Waals surface area contributed by atoms with Crippen LogP contribution in [-0.2, 0) is 9.53 Å². The van der Waals surface area contributed by atoms with E-state index < -0.39 is 11.6 Å². The van der Waals surface area contributed by atoms with E-state index in [0.717, 1.165) is 4.68 Å². The molecule has 2 heterocycles. The van der Waals surface area contributed by atoms with E-state index in [0.29, 0.717) is 31.0 Å². The van der Waals surface area contributed by atoms with Crippen LogP contribution in [0.25, 0.3) is 11.5 Å². The zero-order valence-corrected chi connectivity index (χ0v) is 13.1. The molecule has 3 N–H and O–H groups in total. The van der Waals surface area contributed by atoms with Crippen LogP contribution in [-0.4, -0.2) is 35.9 Å². The predicted molar refractivity (Wildman–Crippen MR) is 84.8 cm³/mol. The third kappa shape index (κ3) is 3.98. The lowest BCUT2D eigenvalue weighted by Crippen LogP contribution is -2.38. The summed E-state index contributed by atoms with van der Waals surface area (Å²) in [6, 6.07) is 4.05. The first-order chi connectivity index (χ1) is 11.0. The van der Waals surface area contributed by atoms with E-state index in [9.17, 15) is 9.59 Å². The van der Waals surface area contributed by atoms with Gasteiger partial charge >= 0.3 is 0 Å². The number of hydrogen-bond acceptors (Lipinski definition) is 6. The third-order valence-electron chi connectivity index (χ3n) is 3.31. The number of furan rings is 1. The molecule has 0 aliphatic rings. The molecule has 8 heteroatoms. The minimum Gasteiger partial charge on any atom is -0.463 e. The number of methoxy groups -OCH3 is 1. The van der Waals surface area contributed by atoms with Crippen molar-refractivity contribution in [3.8, 4) is 11.5 Å². The Hall–Kier alpha value is -2.61. The first-order valence-corrected chi connectivity index (χ1v) is 7.24. The van der Waals surface area contributed by atoms with Crippen LogP contribution >= 0.6 is 0 Å². The van der Waals surface area contributed by atoms with Crippen molar-refractivity contribution in [2.45, 2.75) is 19.4 Å². The number of amides is 1. The van der Waals surface area contributed by atoms with E-state index in [4.69, 9.17) is 14.9 Å². The molecule has 2 aromatic rings. The molecule has 1 atom stereocenters. The van der Waals surface area contributed by atoms with Crippen molar-refractivity contribution in [2.24, 2.45) is 0 Å². The molecule has 0 spiro atoms. The Morgan fingerprint density at radius 1 is 1.57 bits per heavy atom. The van der Waals surface area contributed by atoms with E-state index in [1.54, 1.807) is 26.2 Å². The van der Waals surface area contributed by atoms with Gasteiger partial charge in [-0.2, -0.15) is 5.10 Å². The summed E-state index contributed by atoms with van der Waals surface area (Å²) < 4.78 is 11.2. The number of hydrogen-bond donors (Lipinski definition) is 2. The van der Waals surface area contributed by atoms with Gasteiger partial charge in [0.05, 0.1) is 6.26 Å². The van der Waals surface area contributed by atoms with Crippen molar-refractivity contribution in [1.29, 1.82) is 0 Å². The van der Waals surface area contributed by atoms with Crippen molar-refractivity contribution in [3.63, 3.8) is 0 Å². The summed E-state index contributed by atoms with van der Waals surface area (Å²) in [5.41, 5.74) is 5.63. The van der Waals surface area contributed by atoms with Crippen LogP contribution in [0.5, 0.6) is 0 Å². The van der Waals surface area contributed by atoms with Crippen molar-refractivity contribution in [2.75, 3.05) is 26.0 Å². The van der Waals surface area contributed by atoms with Gasteiger partial charge < -0.3 is 20.2 Å². The Morgan fingerprint density at radius 2 is 2.35 bits per heavy atom. The number of aromatic nitrogens is 2. The molecule has 0 aromatic carbocycles. The highest BCUT2D eigenvalue weighted by molar-refractivity contribution is 5.79. The molecule has 1 amide bonds. The van der Waals surface area contributed by atoms with Crippen molar-refractivity contribution in [1.82, 2.24) is 15.1 Å². The fraction of sp³-hybridized carbons (Fsp3) is 0.400. The molecule has 8 nitrogen and oxygen atoms in total. The fourth-order valence-electron chi connectivity index (χ4n) is 2.03. The number of nitrogens with zero attached hydrogens (tertiary/aromatic N) is 2. The summed E-state index contributed by atoms with van der Waals surface area (Å²) in [6.45, 7) is 2.60. The summed E-state index contributed by atoms with van der Waals surface area (Å²) in [5.74, 6) is 0.157. The van der Waals surface area contributed by atoms with Crippen LogP contribution in [0.4, 0.5) is 5.69 Å². The number of anilines is 1. The Bertz CT molecular complexity index is 709. The van der Waals surface area contributed by atoms with Crippen molar-refractivity contribution >= 4 is 11.6 Å². The molecule has 0 saturated heterocycles. The van der Waals surface area contributed by atoms with Crippen LogP contribution in [0.1, 0.15) is 19.4 Å². The van der Waals surface area contributed by atoms with E-state index in [1.807, 2.05) is 0 Å². The van der Waals surface area contributed by atoms with E-state index in [1.165, 1.54) is 12.3 Å². The van der Waals surface area contributed by atoms with Crippen LogP contribution < -0.4 is 16.6 Å². The Labute approximate surface area is 133 Å². The average molecular weight is 320 g/mol. The zero-order chi connectivity index (χ0) is 16.8. The molecule has 0 aliphatic heterocycles. The van der Waals surface area contributed by atoms with Gasteiger partial charge in [0.25, 0.3) is 5.56 Å². The summed E-state index contributed by atoms with van der Waals surface area (Å²) in [6.07, 6.45) is 2.18.